The maximum Gasteiger partial charge on any atom is 0.147 e. The average molecular weight is 311 g/mol. The molecule has 0 heterocycles. The van der Waals surface area contributed by atoms with Crippen LogP contribution in [-0.2, 0) is 19.2 Å². The Bertz CT molecular complexity index is 403. The Morgan fingerprint density at radius 3 is 1.50 bits per heavy atom. The van der Waals surface area contributed by atoms with Crippen LogP contribution in [0.1, 0.15) is 60.3 Å². The molecule has 0 saturated carbocycles. The second-order valence-corrected chi connectivity index (χ2v) is 6.64. The number of ketones is 4. The van der Waals surface area contributed by atoms with Gasteiger partial charge in [-0.1, -0.05) is 34.6 Å². The molecule has 0 bridgehead atoms. The Hall–Kier alpha value is -1.36. The van der Waals surface area contributed by atoms with Gasteiger partial charge in [-0.3, -0.25) is 24.1 Å². The highest BCUT2D eigenvalue weighted by Crippen LogP contribution is 2.17. The van der Waals surface area contributed by atoms with Crippen LogP contribution < -0.4 is 0 Å². The number of nitrogens with zero attached hydrogens (tertiary/aromatic N) is 1. The third-order valence-corrected chi connectivity index (χ3v) is 3.46. The molecule has 5 heteroatoms. The van der Waals surface area contributed by atoms with E-state index < -0.39 is 5.41 Å². The normalized spacial score (nSPS) is 11.5. The molecule has 0 atom stereocenters. The van der Waals surface area contributed by atoms with Gasteiger partial charge in [0.25, 0.3) is 0 Å². The predicted molar refractivity (Wildman–Crippen MR) is 85.7 cm³/mol. The number of rotatable bonds is 11. The van der Waals surface area contributed by atoms with Crippen molar-refractivity contribution in [2.45, 2.75) is 60.3 Å². The Balaban J connectivity index is 4.51. The van der Waals surface area contributed by atoms with Gasteiger partial charge in [0.05, 0.1) is 19.6 Å². The largest absolute Gasteiger partial charge is 0.299 e. The molecule has 0 aromatic rings. The molecular weight excluding hydrogens is 282 g/mol. The monoisotopic (exact) mass is 311 g/mol. The second kappa shape index (κ2) is 9.62. The van der Waals surface area contributed by atoms with E-state index in [4.69, 9.17) is 0 Å². The summed E-state index contributed by atoms with van der Waals surface area (Å²) < 4.78 is 0. The van der Waals surface area contributed by atoms with Crippen LogP contribution in [0.3, 0.4) is 0 Å². The molecule has 0 aromatic heterocycles. The van der Waals surface area contributed by atoms with Crippen molar-refractivity contribution in [1.29, 1.82) is 0 Å². The molecule has 0 aliphatic carbocycles. The fourth-order valence-electron chi connectivity index (χ4n) is 1.85. The zero-order valence-electron chi connectivity index (χ0n) is 14.5. The smallest absolute Gasteiger partial charge is 0.147 e. The van der Waals surface area contributed by atoms with Crippen molar-refractivity contribution in [3.05, 3.63) is 0 Å². The summed E-state index contributed by atoms with van der Waals surface area (Å²) >= 11 is 0. The summed E-state index contributed by atoms with van der Waals surface area (Å²) in [5.74, 6) is -0.0583. The molecule has 0 N–H and O–H groups in total. The Morgan fingerprint density at radius 1 is 0.727 bits per heavy atom. The van der Waals surface area contributed by atoms with Gasteiger partial charge in [-0.2, -0.15) is 0 Å². The minimum atomic E-state index is -0.448. The summed E-state index contributed by atoms with van der Waals surface area (Å²) in [4.78, 5) is 48.5. The third-order valence-electron chi connectivity index (χ3n) is 3.46. The van der Waals surface area contributed by atoms with E-state index in [1.807, 2.05) is 20.8 Å². The number of Topliss-reactive ketones (excluding diaryl/α,β-unsaturated/α-hetero) is 4. The molecule has 0 aliphatic rings. The van der Waals surface area contributed by atoms with Crippen LogP contribution in [0.15, 0.2) is 0 Å². The first-order valence-electron chi connectivity index (χ1n) is 7.90. The molecular formula is C17H29NO4. The van der Waals surface area contributed by atoms with Crippen LogP contribution >= 0.6 is 0 Å². The molecule has 0 fully saturated rings. The van der Waals surface area contributed by atoms with E-state index >= 15 is 0 Å². The fraction of sp³-hybridized carbons (Fsp3) is 0.765. The highest BCUT2D eigenvalue weighted by molar-refractivity contribution is 5.90. The Morgan fingerprint density at radius 2 is 1.14 bits per heavy atom. The molecule has 22 heavy (non-hydrogen) atoms. The first-order valence-corrected chi connectivity index (χ1v) is 7.90. The molecule has 0 aromatic carbocycles. The van der Waals surface area contributed by atoms with Crippen molar-refractivity contribution in [3.63, 3.8) is 0 Å². The van der Waals surface area contributed by atoms with Crippen LogP contribution in [-0.4, -0.2) is 47.7 Å². The maximum absolute atomic E-state index is 12.0. The van der Waals surface area contributed by atoms with Crippen molar-refractivity contribution >= 4 is 23.1 Å². The summed E-state index contributed by atoms with van der Waals surface area (Å²) in [5, 5.41) is 0. The summed E-state index contributed by atoms with van der Waals surface area (Å²) in [7, 11) is 0. The molecule has 0 radical (unpaired) electrons. The van der Waals surface area contributed by atoms with Crippen molar-refractivity contribution in [2.24, 2.45) is 5.41 Å². The first kappa shape index (κ1) is 20.6. The van der Waals surface area contributed by atoms with Gasteiger partial charge in [0, 0.05) is 31.1 Å². The number of carbonyl (C=O) groups is 4. The highest BCUT2D eigenvalue weighted by Gasteiger charge is 2.22. The highest BCUT2D eigenvalue weighted by atomic mass is 16.1. The van der Waals surface area contributed by atoms with E-state index in [0.717, 1.165) is 0 Å². The van der Waals surface area contributed by atoms with Gasteiger partial charge < -0.3 is 0 Å². The van der Waals surface area contributed by atoms with E-state index in [9.17, 15) is 19.2 Å². The van der Waals surface area contributed by atoms with E-state index in [1.165, 1.54) is 0 Å². The molecule has 0 spiro atoms. The van der Waals surface area contributed by atoms with Crippen LogP contribution in [0, 0.1) is 5.41 Å². The Kier molecular flexibility index (Phi) is 9.02. The zero-order valence-corrected chi connectivity index (χ0v) is 14.5. The topological polar surface area (TPSA) is 71.5 Å². The molecule has 5 nitrogen and oxygen atoms in total. The van der Waals surface area contributed by atoms with E-state index in [1.54, 1.807) is 18.7 Å². The SMILES string of the molecule is CCC(=O)CN(CC(=O)CC)CC(=O)CCC(=O)C(C)(C)C. The van der Waals surface area contributed by atoms with Crippen LogP contribution in [0.5, 0.6) is 0 Å². The predicted octanol–water partition coefficient (Wildman–Crippen LogP) is 2.21. The van der Waals surface area contributed by atoms with E-state index in [-0.39, 0.29) is 55.6 Å². The van der Waals surface area contributed by atoms with E-state index in [2.05, 4.69) is 0 Å². The first-order chi connectivity index (χ1) is 10.1. The molecule has 126 valence electrons. The lowest BCUT2D eigenvalue weighted by atomic mass is 9.88. The standard InChI is InChI=1S/C17H29NO4/c1-6-13(19)10-18(11-14(20)7-2)12-15(21)8-9-16(22)17(3,4)5/h6-12H2,1-5H3. The lowest BCUT2D eigenvalue weighted by Gasteiger charge is -2.20. The van der Waals surface area contributed by atoms with Gasteiger partial charge in [-0.15, -0.1) is 0 Å². The maximum atomic E-state index is 12.0. The van der Waals surface area contributed by atoms with Gasteiger partial charge in [0.15, 0.2) is 0 Å². The number of carbonyl (C=O) groups excluding carboxylic acids is 4. The van der Waals surface area contributed by atoms with Gasteiger partial charge in [-0.05, 0) is 0 Å². The lowest BCUT2D eigenvalue weighted by molar-refractivity contribution is -0.130. The van der Waals surface area contributed by atoms with Gasteiger partial charge >= 0.3 is 0 Å². The molecule has 0 amide bonds. The van der Waals surface area contributed by atoms with Gasteiger partial charge in [0.2, 0.25) is 0 Å². The minimum Gasteiger partial charge on any atom is -0.299 e. The van der Waals surface area contributed by atoms with E-state index in [0.29, 0.717) is 12.8 Å². The lowest BCUT2D eigenvalue weighted by Crippen LogP contribution is -2.38. The zero-order chi connectivity index (χ0) is 17.3. The number of hydrogen-bond donors (Lipinski definition) is 0. The summed E-state index contributed by atoms with van der Waals surface area (Å²) in [6.07, 6.45) is 1.13. The van der Waals surface area contributed by atoms with Crippen molar-refractivity contribution < 1.29 is 19.2 Å². The van der Waals surface area contributed by atoms with Crippen molar-refractivity contribution in [3.8, 4) is 0 Å². The molecule has 0 rings (SSSR count). The van der Waals surface area contributed by atoms with Crippen molar-refractivity contribution in [2.75, 3.05) is 19.6 Å². The quantitative estimate of drug-likeness (QED) is 0.585. The van der Waals surface area contributed by atoms with Gasteiger partial charge in [0.1, 0.15) is 23.1 Å². The summed E-state index contributed by atoms with van der Waals surface area (Å²) in [5.41, 5.74) is -0.448. The average Bonchev–Trinajstić information content (AvgIpc) is 2.42. The third kappa shape index (κ3) is 8.82. The van der Waals surface area contributed by atoms with Crippen LogP contribution in [0.25, 0.3) is 0 Å². The molecule has 0 unspecified atom stereocenters. The minimum absolute atomic E-state index is 0.00229. The Labute approximate surface area is 133 Å². The van der Waals surface area contributed by atoms with Gasteiger partial charge in [-0.25, -0.2) is 0 Å². The number of hydrogen-bond acceptors (Lipinski definition) is 5. The summed E-state index contributed by atoms with van der Waals surface area (Å²) in [6.45, 7) is 9.26. The van der Waals surface area contributed by atoms with Crippen LogP contribution in [0.4, 0.5) is 0 Å². The summed E-state index contributed by atoms with van der Waals surface area (Å²) in [6, 6.07) is 0. The molecule has 0 saturated heterocycles. The van der Waals surface area contributed by atoms with Crippen LogP contribution in [0.2, 0.25) is 0 Å². The van der Waals surface area contributed by atoms with Crippen molar-refractivity contribution in [1.82, 2.24) is 4.90 Å². The molecule has 0 aliphatic heterocycles. The fourth-order valence-corrected chi connectivity index (χ4v) is 1.85. The second-order valence-electron chi connectivity index (χ2n) is 6.64.